The highest BCUT2D eigenvalue weighted by atomic mass is 16.2. The monoisotopic (exact) mass is 293 g/mol. The summed E-state index contributed by atoms with van der Waals surface area (Å²) in [4.78, 5) is 30.7. The second kappa shape index (κ2) is 6.22. The predicted octanol–water partition coefficient (Wildman–Crippen LogP) is 1.90. The second-order valence-corrected chi connectivity index (χ2v) is 4.93. The van der Waals surface area contributed by atoms with E-state index in [0.29, 0.717) is 24.2 Å². The van der Waals surface area contributed by atoms with Crippen LogP contribution in [0.3, 0.4) is 0 Å². The molecule has 0 unspecified atom stereocenters. The molecular formula is C17H15N3O2. The first-order valence-corrected chi connectivity index (χ1v) is 7.04. The molecule has 2 aromatic heterocycles. The first-order chi connectivity index (χ1) is 10.7. The van der Waals surface area contributed by atoms with Crippen molar-refractivity contribution >= 4 is 16.8 Å². The zero-order valence-electron chi connectivity index (χ0n) is 11.9. The number of H-pyrrole nitrogens is 1. The highest BCUT2D eigenvalue weighted by molar-refractivity contribution is 5.92. The van der Waals surface area contributed by atoms with Crippen LogP contribution in [0.5, 0.6) is 0 Å². The van der Waals surface area contributed by atoms with Crippen molar-refractivity contribution < 1.29 is 4.79 Å². The Morgan fingerprint density at radius 2 is 1.95 bits per heavy atom. The molecule has 5 nitrogen and oxygen atoms in total. The van der Waals surface area contributed by atoms with Crippen LogP contribution in [0.15, 0.2) is 59.5 Å². The summed E-state index contributed by atoms with van der Waals surface area (Å²) < 4.78 is 0. The Balaban J connectivity index is 1.68. The van der Waals surface area contributed by atoms with Gasteiger partial charge in [-0.3, -0.25) is 14.6 Å². The fourth-order valence-electron chi connectivity index (χ4n) is 2.28. The number of nitrogens with one attached hydrogen (secondary N) is 2. The topological polar surface area (TPSA) is 74.8 Å². The molecule has 2 N–H and O–H groups in total. The van der Waals surface area contributed by atoms with Crippen LogP contribution in [-0.4, -0.2) is 22.4 Å². The van der Waals surface area contributed by atoms with Crippen molar-refractivity contribution in [2.75, 3.05) is 6.54 Å². The first-order valence-electron chi connectivity index (χ1n) is 7.04. The number of rotatable bonds is 4. The summed E-state index contributed by atoms with van der Waals surface area (Å²) in [5, 5.41) is 3.75. The van der Waals surface area contributed by atoms with Crippen LogP contribution in [0.2, 0.25) is 0 Å². The highest BCUT2D eigenvalue weighted by Crippen LogP contribution is 2.10. The van der Waals surface area contributed by atoms with Crippen LogP contribution in [-0.2, 0) is 6.42 Å². The van der Waals surface area contributed by atoms with Gasteiger partial charge in [-0.15, -0.1) is 0 Å². The molecule has 3 aromatic rings. The third kappa shape index (κ3) is 3.03. The average Bonchev–Trinajstić information content (AvgIpc) is 2.56. The number of pyridine rings is 2. The zero-order chi connectivity index (χ0) is 15.4. The maximum absolute atomic E-state index is 12.0. The van der Waals surface area contributed by atoms with Crippen molar-refractivity contribution in [1.29, 1.82) is 0 Å². The highest BCUT2D eigenvalue weighted by Gasteiger charge is 2.07. The Kier molecular flexibility index (Phi) is 3.96. The molecule has 0 aliphatic carbocycles. The van der Waals surface area contributed by atoms with Crippen LogP contribution >= 0.6 is 0 Å². The molecule has 0 fully saturated rings. The molecule has 0 aliphatic rings. The minimum atomic E-state index is -0.238. The lowest BCUT2D eigenvalue weighted by atomic mass is 10.1. The number of carbonyl (C=O) groups excluding carboxylic acids is 1. The number of nitrogens with zero attached hydrogens (tertiary/aromatic N) is 1. The van der Waals surface area contributed by atoms with Gasteiger partial charge in [-0.25, -0.2) is 0 Å². The van der Waals surface area contributed by atoms with Crippen molar-refractivity contribution in [1.82, 2.24) is 15.3 Å². The number of hydrogen-bond donors (Lipinski definition) is 2. The molecule has 3 rings (SSSR count). The van der Waals surface area contributed by atoms with Gasteiger partial charge in [0.25, 0.3) is 11.5 Å². The number of aromatic nitrogens is 2. The van der Waals surface area contributed by atoms with Crippen molar-refractivity contribution in [3.63, 3.8) is 0 Å². The molecule has 0 aliphatic heterocycles. The molecule has 1 aromatic carbocycles. The van der Waals surface area contributed by atoms with Crippen LogP contribution in [0.25, 0.3) is 10.9 Å². The van der Waals surface area contributed by atoms with Gasteiger partial charge < -0.3 is 10.3 Å². The SMILES string of the molecule is O=C(NCCc1cc2ccccc2[nH]c1=O)c1ccccn1. The summed E-state index contributed by atoms with van der Waals surface area (Å²) >= 11 is 0. The quantitative estimate of drug-likeness (QED) is 0.771. The van der Waals surface area contributed by atoms with Crippen LogP contribution < -0.4 is 10.9 Å². The van der Waals surface area contributed by atoms with Crippen molar-refractivity contribution in [3.8, 4) is 0 Å². The summed E-state index contributed by atoms with van der Waals surface area (Å²) in [6, 6.07) is 14.6. The van der Waals surface area contributed by atoms with E-state index in [1.165, 1.54) is 0 Å². The van der Waals surface area contributed by atoms with Crippen LogP contribution in [0, 0.1) is 0 Å². The molecule has 0 bridgehead atoms. The lowest BCUT2D eigenvalue weighted by Gasteiger charge is -2.05. The Hall–Kier alpha value is -2.95. The fourth-order valence-corrected chi connectivity index (χ4v) is 2.28. The average molecular weight is 293 g/mol. The smallest absolute Gasteiger partial charge is 0.269 e. The van der Waals surface area contributed by atoms with E-state index in [-0.39, 0.29) is 11.5 Å². The Labute approximate surface area is 127 Å². The lowest BCUT2D eigenvalue weighted by Crippen LogP contribution is -2.28. The van der Waals surface area contributed by atoms with E-state index < -0.39 is 0 Å². The third-order valence-corrected chi connectivity index (χ3v) is 3.41. The molecule has 0 atom stereocenters. The first kappa shape index (κ1) is 14.0. The maximum Gasteiger partial charge on any atom is 0.269 e. The standard InChI is InChI=1S/C17H15N3O2/c21-16-13(11-12-5-1-2-6-14(12)20-16)8-10-19-17(22)15-7-3-4-9-18-15/h1-7,9,11H,8,10H2,(H,19,22)(H,20,21). The van der Waals surface area contributed by atoms with Crippen molar-refractivity contribution in [2.24, 2.45) is 0 Å². The van der Waals surface area contributed by atoms with Gasteiger partial charge in [0.05, 0.1) is 0 Å². The van der Waals surface area contributed by atoms with E-state index in [2.05, 4.69) is 15.3 Å². The summed E-state index contributed by atoms with van der Waals surface area (Å²) in [6.45, 7) is 0.386. The fraction of sp³-hybridized carbons (Fsp3) is 0.118. The maximum atomic E-state index is 12.0. The van der Waals surface area contributed by atoms with Crippen LogP contribution in [0.4, 0.5) is 0 Å². The van der Waals surface area contributed by atoms with Gasteiger partial charge in [0.1, 0.15) is 5.69 Å². The summed E-state index contributed by atoms with van der Waals surface area (Å²) in [6.07, 6.45) is 2.04. The van der Waals surface area contributed by atoms with Gasteiger partial charge >= 0.3 is 0 Å². The molecule has 0 saturated carbocycles. The number of carbonyl (C=O) groups is 1. The van der Waals surface area contributed by atoms with E-state index in [4.69, 9.17) is 0 Å². The van der Waals surface area contributed by atoms with E-state index in [1.54, 1.807) is 24.4 Å². The van der Waals surface area contributed by atoms with Gasteiger partial charge in [-0.05, 0) is 36.1 Å². The second-order valence-electron chi connectivity index (χ2n) is 4.93. The number of fused-ring (bicyclic) bond motifs is 1. The number of aromatic amines is 1. The number of amides is 1. The van der Waals surface area contributed by atoms with Crippen molar-refractivity contribution in [2.45, 2.75) is 6.42 Å². The predicted molar refractivity (Wildman–Crippen MR) is 84.8 cm³/mol. The number of para-hydroxylation sites is 1. The minimum absolute atomic E-state index is 0.120. The largest absolute Gasteiger partial charge is 0.350 e. The van der Waals surface area contributed by atoms with Gasteiger partial charge in [0.2, 0.25) is 0 Å². The van der Waals surface area contributed by atoms with E-state index in [1.807, 2.05) is 30.3 Å². The summed E-state index contributed by atoms with van der Waals surface area (Å²) in [5.41, 5.74) is 1.72. The Morgan fingerprint density at radius 3 is 2.77 bits per heavy atom. The molecule has 5 heteroatoms. The lowest BCUT2D eigenvalue weighted by molar-refractivity contribution is 0.0949. The summed E-state index contributed by atoms with van der Waals surface area (Å²) in [7, 11) is 0. The van der Waals surface area contributed by atoms with Crippen LogP contribution in [0.1, 0.15) is 16.1 Å². The van der Waals surface area contributed by atoms with E-state index in [0.717, 1.165) is 10.9 Å². The molecule has 1 amide bonds. The third-order valence-electron chi connectivity index (χ3n) is 3.41. The molecule has 0 spiro atoms. The van der Waals surface area contributed by atoms with E-state index >= 15 is 0 Å². The molecular weight excluding hydrogens is 278 g/mol. The van der Waals surface area contributed by atoms with Gasteiger partial charge in [-0.1, -0.05) is 24.3 Å². The Morgan fingerprint density at radius 1 is 1.14 bits per heavy atom. The molecule has 2 heterocycles. The zero-order valence-corrected chi connectivity index (χ0v) is 11.9. The van der Waals surface area contributed by atoms with Crippen molar-refractivity contribution in [3.05, 3.63) is 76.3 Å². The van der Waals surface area contributed by atoms with Gasteiger partial charge in [0, 0.05) is 23.8 Å². The number of benzene rings is 1. The minimum Gasteiger partial charge on any atom is -0.350 e. The number of hydrogen-bond acceptors (Lipinski definition) is 3. The Bertz CT molecular complexity index is 856. The normalized spacial score (nSPS) is 10.5. The van der Waals surface area contributed by atoms with Gasteiger partial charge in [0.15, 0.2) is 0 Å². The molecule has 22 heavy (non-hydrogen) atoms. The van der Waals surface area contributed by atoms with E-state index in [9.17, 15) is 9.59 Å². The van der Waals surface area contributed by atoms with Gasteiger partial charge in [-0.2, -0.15) is 0 Å². The summed E-state index contributed by atoms with van der Waals surface area (Å²) in [5.74, 6) is -0.238. The molecule has 0 saturated heterocycles. The molecule has 110 valence electrons. The molecule has 0 radical (unpaired) electrons.